The predicted octanol–water partition coefficient (Wildman–Crippen LogP) is -0.0875. The summed E-state index contributed by atoms with van der Waals surface area (Å²) >= 11 is 1.41. The van der Waals surface area contributed by atoms with Gasteiger partial charge in [-0.3, -0.25) is 10.1 Å². The SMILES string of the molecule is CC(C)NC(=O)NC(=O)CSCCN. The minimum atomic E-state index is -0.446. The van der Waals surface area contributed by atoms with Crippen LogP contribution in [0.1, 0.15) is 13.8 Å². The molecule has 0 aromatic rings. The number of nitrogens with two attached hydrogens (primary N) is 1. The number of carbonyl (C=O) groups is 2. The molecule has 14 heavy (non-hydrogen) atoms. The van der Waals surface area contributed by atoms with Gasteiger partial charge in [0.25, 0.3) is 0 Å². The summed E-state index contributed by atoms with van der Waals surface area (Å²) < 4.78 is 0. The number of hydrogen-bond donors (Lipinski definition) is 3. The molecule has 0 spiro atoms. The van der Waals surface area contributed by atoms with Crippen molar-refractivity contribution in [3.63, 3.8) is 0 Å². The Kier molecular flexibility index (Phi) is 7.23. The van der Waals surface area contributed by atoms with Crippen molar-refractivity contribution in [2.45, 2.75) is 19.9 Å². The lowest BCUT2D eigenvalue weighted by Crippen LogP contribution is -2.43. The zero-order chi connectivity index (χ0) is 11.0. The van der Waals surface area contributed by atoms with Crippen LogP contribution in [0.3, 0.4) is 0 Å². The highest BCUT2D eigenvalue weighted by molar-refractivity contribution is 7.99. The first-order valence-corrected chi connectivity index (χ1v) is 5.60. The van der Waals surface area contributed by atoms with Crippen LogP contribution in [0.25, 0.3) is 0 Å². The van der Waals surface area contributed by atoms with Crippen molar-refractivity contribution in [3.8, 4) is 0 Å². The summed E-state index contributed by atoms with van der Waals surface area (Å²) in [5.74, 6) is 0.698. The molecule has 0 aromatic carbocycles. The van der Waals surface area contributed by atoms with E-state index >= 15 is 0 Å². The van der Waals surface area contributed by atoms with Crippen molar-refractivity contribution in [1.29, 1.82) is 0 Å². The predicted molar refractivity (Wildman–Crippen MR) is 58.2 cm³/mol. The van der Waals surface area contributed by atoms with Gasteiger partial charge in [0.15, 0.2) is 0 Å². The second kappa shape index (κ2) is 7.64. The number of thioether (sulfide) groups is 1. The maximum absolute atomic E-state index is 11.1. The van der Waals surface area contributed by atoms with E-state index in [9.17, 15) is 9.59 Å². The Morgan fingerprint density at radius 1 is 1.43 bits per heavy atom. The smallest absolute Gasteiger partial charge is 0.321 e. The number of imide groups is 1. The number of hydrogen-bond acceptors (Lipinski definition) is 4. The quantitative estimate of drug-likeness (QED) is 0.564. The topological polar surface area (TPSA) is 84.2 Å². The highest BCUT2D eigenvalue weighted by Gasteiger charge is 2.07. The highest BCUT2D eigenvalue weighted by Crippen LogP contribution is 1.96. The van der Waals surface area contributed by atoms with E-state index in [4.69, 9.17) is 5.73 Å². The first-order chi connectivity index (χ1) is 6.56. The molecule has 0 aromatic heterocycles. The average molecular weight is 219 g/mol. The van der Waals surface area contributed by atoms with Crippen LogP contribution in [-0.2, 0) is 4.79 Å². The molecule has 0 bridgehead atoms. The molecular formula is C8H17N3O2S. The normalized spacial score (nSPS) is 10.0. The number of urea groups is 1. The molecule has 4 N–H and O–H groups in total. The Morgan fingerprint density at radius 2 is 2.07 bits per heavy atom. The lowest BCUT2D eigenvalue weighted by atomic mass is 10.4. The molecular weight excluding hydrogens is 202 g/mol. The summed E-state index contributed by atoms with van der Waals surface area (Å²) in [6.45, 7) is 4.19. The van der Waals surface area contributed by atoms with Crippen molar-refractivity contribution in [2.75, 3.05) is 18.1 Å². The largest absolute Gasteiger partial charge is 0.336 e. The number of carbonyl (C=O) groups excluding carboxylic acids is 2. The van der Waals surface area contributed by atoms with E-state index in [1.807, 2.05) is 13.8 Å². The Balaban J connectivity index is 3.56. The van der Waals surface area contributed by atoms with Gasteiger partial charge >= 0.3 is 6.03 Å². The van der Waals surface area contributed by atoms with Gasteiger partial charge in [-0.2, -0.15) is 11.8 Å². The van der Waals surface area contributed by atoms with Gasteiger partial charge in [-0.1, -0.05) is 0 Å². The molecule has 0 unspecified atom stereocenters. The van der Waals surface area contributed by atoms with Gasteiger partial charge in [0, 0.05) is 18.3 Å². The third kappa shape index (κ3) is 7.88. The van der Waals surface area contributed by atoms with Crippen molar-refractivity contribution < 1.29 is 9.59 Å². The molecule has 0 rings (SSSR count). The molecule has 0 aliphatic heterocycles. The van der Waals surface area contributed by atoms with Crippen LogP contribution in [0.4, 0.5) is 4.79 Å². The fraction of sp³-hybridized carbons (Fsp3) is 0.750. The van der Waals surface area contributed by atoms with Gasteiger partial charge in [-0.15, -0.1) is 0 Å². The number of nitrogens with one attached hydrogen (secondary N) is 2. The summed E-state index contributed by atoms with van der Waals surface area (Å²) in [4.78, 5) is 22.1. The second-order valence-corrected chi connectivity index (χ2v) is 4.12. The van der Waals surface area contributed by atoms with Gasteiger partial charge in [-0.25, -0.2) is 4.79 Å². The van der Waals surface area contributed by atoms with Crippen LogP contribution in [-0.4, -0.2) is 36.0 Å². The van der Waals surface area contributed by atoms with E-state index in [1.165, 1.54) is 11.8 Å². The van der Waals surface area contributed by atoms with E-state index in [0.29, 0.717) is 6.54 Å². The number of rotatable bonds is 5. The zero-order valence-electron chi connectivity index (χ0n) is 8.50. The summed E-state index contributed by atoms with van der Waals surface area (Å²) in [6, 6.07) is -0.419. The van der Waals surface area contributed by atoms with Gasteiger partial charge in [0.05, 0.1) is 5.75 Å². The standard InChI is InChI=1S/C8H17N3O2S/c1-6(2)10-8(13)11-7(12)5-14-4-3-9/h6H,3-5,9H2,1-2H3,(H2,10,11,12,13). The molecule has 82 valence electrons. The molecule has 0 fully saturated rings. The van der Waals surface area contributed by atoms with Crippen molar-refractivity contribution in [1.82, 2.24) is 10.6 Å². The van der Waals surface area contributed by atoms with E-state index < -0.39 is 6.03 Å². The fourth-order valence-electron chi connectivity index (χ4n) is 0.709. The minimum Gasteiger partial charge on any atom is -0.336 e. The molecule has 6 heteroatoms. The lowest BCUT2D eigenvalue weighted by Gasteiger charge is -2.08. The first kappa shape index (κ1) is 13.2. The van der Waals surface area contributed by atoms with Crippen LogP contribution in [0.2, 0.25) is 0 Å². The van der Waals surface area contributed by atoms with E-state index in [0.717, 1.165) is 5.75 Å². The minimum absolute atomic E-state index is 0.0273. The van der Waals surface area contributed by atoms with Crippen LogP contribution in [0.5, 0.6) is 0 Å². The van der Waals surface area contributed by atoms with Crippen LogP contribution in [0.15, 0.2) is 0 Å². The summed E-state index contributed by atoms with van der Waals surface area (Å²) in [7, 11) is 0. The zero-order valence-corrected chi connectivity index (χ0v) is 9.32. The molecule has 0 heterocycles. The van der Waals surface area contributed by atoms with E-state index in [1.54, 1.807) is 0 Å². The Labute approximate surface area is 88.2 Å². The number of amides is 3. The fourth-order valence-corrected chi connectivity index (χ4v) is 1.28. The van der Waals surface area contributed by atoms with Gasteiger partial charge in [-0.05, 0) is 13.8 Å². The molecule has 0 atom stereocenters. The van der Waals surface area contributed by atoms with Gasteiger partial charge < -0.3 is 11.1 Å². The summed E-state index contributed by atoms with van der Waals surface area (Å²) in [6.07, 6.45) is 0. The third-order valence-corrected chi connectivity index (χ3v) is 2.16. The average Bonchev–Trinajstić information content (AvgIpc) is 2.02. The Bertz CT molecular complexity index is 197. The monoisotopic (exact) mass is 219 g/mol. The van der Waals surface area contributed by atoms with E-state index in [-0.39, 0.29) is 17.7 Å². The Morgan fingerprint density at radius 3 is 2.57 bits per heavy atom. The van der Waals surface area contributed by atoms with Crippen molar-refractivity contribution >= 4 is 23.7 Å². The van der Waals surface area contributed by atoms with E-state index in [2.05, 4.69) is 10.6 Å². The summed E-state index contributed by atoms with van der Waals surface area (Å²) in [5.41, 5.74) is 5.25. The maximum atomic E-state index is 11.1. The molecule has 0 aliphatic rings. The molecule has 3 amide bonds. The van der Waals surface area contributed by atoms with Crippen molar-refractivity contribution in [3.05, 3.63) is 0 Å². The Hall–Kier alpha value is -0.750. The molecule has 0 saturated heterocycles. The molecule has 0 aliphatic carbocycles. The van der Waals surface area contributed by atoms with Crippen LogP contribution >= 0.6 is 11.8 Å². The molecule has 0 radical (unpaired) electrons. The van der Waals surface area contributed by atoms with Crippen LogP contribution < -0.4 is 16.4 Å². The highest BCUT2D eigenvalue weighted by atomic mass is 32.2. The van der Waals surface area contributed by atoms with Gasteiger partial charge in [0.2, 0.25) is 5.91 Å². The third-order valence-electron chi connectivity index (χ3n) is 1.17. The summed E-state index contributed by atoms with van der Waals surface area (Å²) in [5, 5.41) is 4.78. The molecule has 5 nitrogen and oxygen atoms in total. The first-order valence-electron chi connectivity index (χ1n) is 4.44. The van der Waals surface area contributed by atoms with Gasteiger partial charge in [0.1, 0.15) is 0 Å². The molecule has 0 saturated carbocycles. The second-order valence-electron chi connectivity index (χ2n) is 3.02. The van der Waals surface area contributed by atoms with Crippen LogP contribution in [0, 0.1) is 0 Å². The maximum Gasteiger partial charge on any atom is 0.321 e. The lowest BCUT2D eigenvalue weighted by molar-refractivity contribution is -0.117. The van der Waals surface area contributed by atoms with Crippen molar-refractivity contribution in [2.24, 2.45) is 5.73 Å².